The first-order valence-electron chi connectivity index (χ1n) is 4.35. The molecule has 0 unspecified atom stereocenters. The Morgan fingerprint density at radius 3 is 2.50 bits per heavy atom. The Bertz CT molecular complexity index is 182. The van der Waals surface area contributed by atoms with Crippen molar-refractivity contribution in [3.8, 4) is 0 Å². The first-order valence-corrected chi connectivity index (χ1v) is 4.35. The molecule has 2 N–H and O–H groups in total. The molecule has 0 spiro atoms. The molecule has 0 aliphatic rings. The SMILES string of the molecule is CCCCOC(=O)C[C@@H](N)C(F)(F)F. The summed E-state index contributed by atoms with van der Waals surface area (Å²) >= 11 is 0. The van der Waals surface area contributed by atoms with Crippen LogP contribution in [0.15, 0.2) is 0 Å². The minimum absolute atomic E-state index is 0.153. The molecule has 0 aliphatic heterocycles. The molecule has 0 saturated heterocycles. The summed E-state index contributed by atoms with van der Waals surface area (Å²) in [4.78, 5) is 10.8. The first-order chi connectivity index (χ1) is 6.38. The summed E-state index contributed by atoms with van der Waals surface area (Å²) in [7, 11) is 0. The van der Waals surface area contributed by atoms with Crippen molar-refractivity contribution in [3.63, 3.8) is 0 Å². The van der Waals surface area contributed by atoms with Gasteiger partial charge in [0, 0.05) is 0 Å². The van der Waals surface area contributed by atoms with Crippen LogP contribution < -0.4 is 5.73 Å². The van der Waals surface area contributed by atoms with Gasteiger partial charge in [-0.15, -0.1) is 0 Å². The predicted octanol–water partition coefficient (Wildman–Crippen LogP) is 1.61. The van der Waals surface area contributed by atoms with Crippen LogP contribution >= 0.6 is 0 Å². The summed E-state index contributed by atoms with van der Waals surface area (Å²) in [6.07, 6.45) is -3.89. The number of unbranched alkanes of at least 4 members (excludes halogenated alkanes) is 1. The molecule has 3 nitrogen and oxygen atoms in total. The van der Waals surface area contributed by atoms with Gasteiger partial charge in [0.1, 0.15) is 6.04 Å². The minimum Gasteiger partial charge on any atom is -0.466 e. The standard InChI is InChI=1S/C8H14F3NO2/c1-2-3-4-14-7(13)5-6(12)8(9,10)11/h6H,2-5,12H2,1H3/t6-/m1/s1. The molecule has 0 amide bonds. The third-order valence-electron chi connectivity index (χ3n) is 1.57. The van der Waals surface area contributed by atoms with Crippen LogP contribution in [0.5, 0.6) is 0 Å². The lowest BCUT2D eigenvalue weighted by atomic mass is 10.2. The molecule has 0 rings (SSSR count). The molecule has 0 radical (unpaired) electrons. The van der Waals surface area contributed by atoms with E-state index in [9.17, 15) is 18.0 Å². The second-order valence-electron chi connectivity index (χ2n) is 2.93. The summed E-state index contributed by atoms with van der Waals surface area (Å²) in [6, 6.07) is -2.13. The molecule has 0 heterocycles. The zero-order chi connectivity index (χ0) is 11.2. The highest BCUT2D eigenvalue weighted by atomic mass is 19.4. The highest BCUT2D eigenvalue weighted by molar-refractivity contribution is 5.70. The van der Waals surface area contributed by atoms with Crippen molar-refractivity contribution in [2.75, 3.05) is 6.61 Å². The summed E-state index contributed by atoms with van der Waals surface area (Å²) in [5.74, 6) is -0.900. The van der Waals surface area contributed by atoms with Crippen LogP contribution in [0.25, 0.3) is 0 Å². The number of esters is 1. The van der Waals surface area contributed by atoms with Gasteiger partial charge >= 0.3 is 12.1 Å². The summed E-state index contributed by atoms with van der Waals surface area (Å²) in [5, 5.41) is 0. The van der Waals surface area contributed by atoms with Crippen LogP contribution in [0.3, 0.4) is 0 Å². The first kappa shape index (κ1) is 13.2. The van der Waals surface area contributed by atoms with Gasteiger partial charge in [-0.2, -0.15) is 13.2 Å². The van der Waals surface area contributed by atoms with Crippen molar-refractivity contribution in [1.29, 1.82) is 0 Å². The maximum atomic E-state index is 11.9. The number of hydrogen-bond donors (Lipinski definition) is 1. The van der Waals surface area contributed by atoms with Crippen LogP contribution in [-0.4, -0.2) is 24.8 Å². The third-order valence-corrected chi connectivity index (χ3v) is 1.57. The van der Waals surface area contributed by atoms with E-state index >= 15 is 0 Å². The van der Waals surface area contributed by atoms with E-state index in [0.29, 0.717) is 6.42 Å². The summed E-state index contributed by atoms with van der Waals surface area (Å²) < 4.78 is 40.1. The number of halogens is 3. The molecule has 0 fully saturated rings. The highest BCUT2D eigenvalue weighted by Crippen LogP contribution is 2.20. The van der Waals surface area contributed by atoms with Crippen LogP contribution in [0.2, 0.25) is 0 Å². The second-order valence-corrected chi connectivity index (χ2v) is 2.93. The summed E-state index contributed by atoms with van der Waals surface area (Å²) in [6.45, 7) is 2.04. The fraction of sp³-hybridized carbons (Fsp3) is 0.875. The monoisotopic (exact) mass is 213 g/mol. The van der Waals surface area contributed by atoms with E-state index in [2.05, 4.69) is 4.74 Å². The lowest BCUT2D eigenvalue weighted by Gasteiger charge is -2.14. The predicted molar refractivity (Wildman–Crippen MR) is 44.5 cm³/mol. The van der Waals surface area contributed by atoms with E-state index < -0.39 is 24.6 Å². The number of alkyl halides is 3. The Hall–Kier alpha value is -0.780. The van der Waals surface area contributed by atoms with Gasteiger partial charge in [-0.1, -0.05) is 13.3 Å². The Balaban J connectivity index is 3.72. The van der Waals surface area contributed by atoms with Gasteiger partial charge in [-0.25, -0.2) is 0 Å². The van der Waals surface area contributed by atoms with E-state index in [1.54, 1.807) is 0 Å². The minimum atomic E-state index is -4.54. The molecule has 1 atom stereocenters. The van der Waals surface area contributed by atoms with Gasteiger partial charge in [0.15, 0.2) is 0 Å². The van der Waals surface area contributed by atoms with Gasteiger partial charge in [0.25, 0.3) is 0 Å². The molecule has 0 aromatic heterocycles. The van der Waals surface area contributed by atoms with Crippen LogP contribution in [-0.2, 0) is 9.53 Å². The fourth-order valence-corrected chi connectivity index (χ4v) is 0.685. The normalized spacial score (nSPS) is 13.8. The zero-order valence-corrected chi connectivity index (χ0v) is 7.93. The Labute approximate surface area is 80.4 Å². The molecule has 0 saturated carbocycles. The van der Waals surface area contributed by atoms with E-state index in [-0.39, 0.29) is 6.61 Å². The molecule has 0 aromatic carbocycles. The topological polar surface area (TPSA) is 52.3 Å². The van der Waals surface area contributed by atoms with Crippen LogP contribution in [0.1, 0.15) is 26.2 Å². The maximum Gasteiger partial charge on any atom is 0.404 e. The van der Waals surface area contributed by atoms with Crippen molar-refractivity contribution in [2.24, 2.45) is 5.73 Å². The van der Waals surface area contributed by atoms with Crippen LogP contribution in [0, 0.1) is 0 Å². The molecule has 6 heteroatoms. The number of rotatable bonds is 5. The van der Waals surface area contributed by atoms with Crippen molar-refractivity contribution >= 4 is 5.97 Å². The smallest absolute Gasteiger partial charge is 0.404 e. The zero-order valence-electron chi connectivity index (χ0n) is 7.93. The number of hydrogen-bond acceptors (Lipinski definition) is 3. The highest BCUT2D eigenvalue weighted by Gasteiger charge is 2.38. The number of ether oxygens (including phenoxy) is 1. The Morgan fingerprint density at radius 2 is 2.07 bits per heavy atom. The number of carbonyl (C=O) groups excluding carboxylic acids is 1. The largest absolute Gasteiger partial charge is 0.466 e. The average molecular weight is 213 g/mol. The Morgan fingerprint density at radius 1 is 1.50 bits per heavy atom. The molecule has 0 aromatic rings. The lowest BCUT2D eigenvalue weighted by Crippen LogP contribution is -2.39. The quantitative estimate of drug-likeness (QED) is 0.557. The Kier molecular flexibility index (Phi) is 5.52. The van der Waals surface area contributed by atoms with E-state index in [0.717, 1.165) is 6.42 Å². The lowest BCUT2D eigenvalue weighted by molar-refractivity contribution is -0.164. The van der Waals surface area contributed by atoms with Gasteiger partial charge in [0.2, 0.25) is 0 Å². The van der Waals surface area contributed by atoms with Crippen LogP contribution in [0.4, 0.5) is 13.2 Å². The van der Waals surface area contributed by atoms with Gasteiger partial charge < -0.3 is 10.5 Å². The van der Waals surface area contributed by atoms with Gasteiger partial charge in [-0.3, -0.25) is 4.79 Å². The van der Waals surface area contributed by atoms with E-state index in [1.165, 1.54) is 0 Å². The number of carbonyl (C=O) groups is 1. The molecular formula is C8H14F3NO2. The third kappa shape index (κ3) is 5.80. The van der Waals surface area contributed by atoms with Crippen molar-refractivity contribution < 1.29 is 22.7 Å². The fourth-order valence-electron chi connectivity index (χ4n) is 0.685. The molecule has 0 aliphatic carbocycles. The van der Waals surface area contributed by atoms with E-state index in [4.69, 9.17) is 5.73 Å². The number of nitrogens with two attached hydrogens (primary N) is 1. The van der Waals surface area contributed by atoms with Crippen molar-refractivity contribution in [1.82, 2.24) is 0 Å². The van der Waals surface area contributed by atoms with E-state index in [1.807, 2.05) is 6.92 Å². The van der Waals surface area contributed by atoms with Crippen molar-refractivity contribution in [2.45, 2.75) is 38.4 Å². The molecular weight excluding hydrogens is 199 g/mol. The van der Waals surface area contributed by atoms with Gasteiger partial charge in [0.05, 0.1) is 13.0 Å². The second kappa shape index (κ2) is 5.85. The molecule has 0 bridgehead atoms. The molecule has 84 valence electrons. The average Bonchev–Trinajstić information content (AvgIpc) is 2.03. The summed E-state index contributed by atoms with van der Waals surface area (Å²) in [5.41, 5.74) is 4.73. The molecule has 14 heavy (non-hydrogen) atoms. The maximum absolute atomic E-state index is 11.9. The van der Waals surface area contributed by atoms with Crippen molar-refractivity contribution in [3.05, 3.63) is 0 Å². The van der Waals surface area contributed by atoms with Gasteiger partial charge in [-0.05, 0) is 6.42 Å².